The highest BCUT2D eigenvalue weighted by Gasteiger charge is 2.25. The van der Waals surface area contributed by atoms with E-state index in [2.05, 4.69) is 27.6 Å². The maximum absolute atomic E-state index is 9.52. The molecule has 0 radical (unpaired) electrons. The van der Waals surface area contributed by atoms with Crippen LogP contribution in [0.25, 0.3) is 10.8 Å². The van der Waals surface area contributed by atoms with Crippen LogP contribution >= 0.6 is 0 Å². The number of hydrogen-bond donors (Lipinski definition) is 2. The molecule has 106 valence electrons. The van der Waals surface area contributed by atoms with Crippen molar-refractivity contribution in [1.82, 2.24) is 10.2 Å². The zero-order chi connectivity index (χ0) is 13.9. The number of rotatable bonds is 3. The molecular formula is C16H21N3O. The van der Waals surface area contributed by atoms with Gasteiger partial charge in [-0.1, -0.05) is 37.1 Å². The first-order valence-electron chi connectivity index (χ1n) is 7.39. The van der Waals surface area contributed by atoms with Gasteiger partial charge in [0, 0.05) is 29.3 Å². The Hall–Kier alpha value is -1.68. The molecule has 0 spiro atoms. The molecule has 1 aromatic carbocycles. The molecule has 1 aliphatic carbocycles. The molecule has 1 aliphatic rings. The molecule has 0 bridgehead atoms. The monoisotopic (exact) mass is 271 g/mol. The molecular weight excluding hydrogens is 250 g/mol. The molecule has 4 nitrogen and oxygen atoms in total. The largest absolute Gasteiger partial charge is 0.396 e. The summed E-state index contributed by atoms with van der Waals surface area (Å²) in [6.07, 6.45) is 4.61. The molecule has 1 aromatic heterocycles. The van der Waals surface area contributed by atoms with Crippen molar-refractivity contribution < 1.29 is 5.11 Å². The lowest BCUT2D eigenvalue weighted by Gasteiger charge is -2.31. The van der Waals surface area contributed by atoms with Crippen LogP contribution in [0.3, 0.4) is 0 Å². The maximum atomic E-state index is 9.52. The highest BCUT2D eigenvalue weighted by molar-refractivity contribution is 5.92. The average molecular weight is 271 g/mol. The molecule has 0 saturated heterocycles. The first-order chi connectivity index (χ1) is 9.79. The zero-order valence-electron chi connectivity index (χ0n) is 11.8. The summed E-state index contributed by atoms with van der Waals surface area (Å²) in [6, 6.07) is 8.51. The molecule has 1 heterocycles. The fourth-order valence-electron chi connectivity index (χ4n) is 3.14. The van der Waals surface area contributed by atoms with Gasteiger partial charge >= 0.3 is 0 Å². The first-order valence-corrected chi connectivity index (χ1v) is 7.39. The van der Waals surface area contributed by atoms with Crippen molar-refractivity contribution in [3.63, 3.8) is 0 Å². The van der Waals surface area contributed by atoms with E-state index in [9.17, 15) is 5.11 Å². The van der Waals surface area contributed by atoms with Crippen molar-refractivity contribution in [2.75, 3.05) is 11.9 Å². The predicted octanol–water partition coefficient (Wildman–Crippen LogP) is 2.90. The molecule has 2 atom stereocenters. The molecule has 1 fully saturated rings. The first kappa shape index (κ1) is 13.3. The van der Waals surface area contributed by atoms with Gasteiger partial charge in [-0.15, -0.1) is 5.10 Å². The van der Waals surface area contributed by atoms with Crippen molar-refractivity contribution in [3.8, 4) is 0 Å². The summed E-state index contributed by atoms with van der Waals surface area (Å²) in [5.74, 6) is 1.17. The van der Waals surface area contributed by atoms with E-state index in [0.717, 1.165) is 35.1 Å². The van der Waals surface area contributed by atoms with Gasteiger partial charge in [0.05, 0.1) is 5.69 Å². The summed E-state index contributed by atoms with van der Waals surface area (Å²) in [5, 5.41) is 23.9. The van der Waals surface area contributed by atoms with Gasteiger partial charge in [0.15, 0.2) is 5.82 Å². The number of aliphatic hydroxyl groups is 1. The Labute approximate surface area is 119 Å². The van der Waals surface area contributed by atoms with Gasteiger partial charge in [0.1, 0.15) is 0 Å². The second-order valence-corrected chi connectivity index (χ2v) is 5.66. The number of hydrogen-bond acceptors (Lipinski definition) is 4. The Bertz CT molecular complexity index is 599. The van der Waals surface area contributed by atoms with Crippen LogP contribution < -0.4 is 5.32 Å². The summed E-state index contributed by atoms with van der Waals surface area (Å²) in [5.41, 5.74) is 0.952. The van der Waals surface area contributed by atoms with E-state index in [-0.39, 0.29) is 6.61 Å². The smallest absolute Gasteiger partial charge is 0.156 e. The molecule has 3 rings (SSSR count). The third-order valence-corrected chi connectivity index (χ3v) is 4.34. The minimum Gasteiger partial charge on any atom is -0.396 e. The van der Waals surface area contributed by atoms with Gasteiger partial charge in [-0.05, 0) is 19.8 Å². The molecule has 1 saturated carbocycles. The molecule has 0 aliphatic heterocycles. The van der Waals surface area contributed by atoms with Crippen molar-refractivity contribution in [3.05, 3.63) is 30.0 Å². The fraction of sp³-hybridized carbons (Fsp3) is 0.500. The van der Waals surface area contributed by atoms with Crippen LogP contribution in [0.4, 0.5) is 5.82 Å². The van der Waals surface area contributed by atoms with E-state index < -0.39 is 0 Å². The summed E-state index contributed by atoms with van der Waals surface area (Å²) in [7, 11) is 0. The molecule has 2 unspecified atom stereocenters. The number of aryl methyl sites for hydroxylation is 1. The third kappa shape index (κ3) is 2.48. The Morgan fingerprint density at radius 2 is 1.90 bits per heavy atom. The van der Waals surface area contributed by atoms with Crippen LogP contribution in [-0.4, -0.2) is 28.0 Å². The normalized spacial score (nSPS) is 22.9. The number of nitrogens with zero attached hydrogens (tertiary/aromatic N) is 2. The quantitative estimate of drug-likeness (QED) is 0.901. The Balaban J connectivity index is 1.92. The Morgan fingerprint density at radius 1 is 1.15 bits per heavy atom. The van der Waals surface area contributed by atoms with E-state index in [0.29, 0.717) is 12.0 Å². The number of anilines is 1. The number of benzene rings is 1. The van der Waals surface area contributed by atoms with Crippen molar-refractivity contribution in [2.24, 2.45) is 5.92 Å². The van der Waals surface area contributed by atoms with Crippen LogP contribution in [0.5, 0.6) is 0 Å². The van der Waals surface area contributed by atoms with Gasteiger partial charge in [-0.3, -0.25) is 0 Å². The van der Waals surface area contributed by atoms with E-state index >= 15 is 0 Å². The number of aliphatic hydroxyl groups excluding tert-OH is 1. The lowest BCUT2D eigenvalue weighted by Crippen LogP contribution is -2.34. The van der Waals surface area contributed by atoms with E-state index in [1.807, 2.05) is 19.1 Å². The minimum atomic E-state index is 0.245. The lowest BCUT2D eigenvalue weighted by atomic mass is 9.85. The molecule has 2 N–H and O–H groups in total. The summed E-state index contributed by atoms with van der Waals surface area (Å²) in [6.45, 7) is 2.23. The van der Waals surface area contributed by atoms with Crippen molar-refractivity contribution in [2.45, 2.75) is 38.6 Å². The summed E-state index contributed by atoms with van der Waals surface area (Å²) < 4.78 is 0. The van der Waals surface area contributed by atoms with Crippen LogP contribution in [0, 0.1) is 12.8 Å². The zero-order valence-corrected chi connectivity index (χ0v) is 11.8. The maximum Gasteiger partial charge on any atom is 0.156 e. The van der Waals surface area contributed by atoms with Gasteiger partial charge in [0.2, 0.25) is 0 Å². The van der Waals surface area contributed by atoms with E-state index in [4.69, 9.17) is 0 Å². The average Bonchev–Trinajstić information content (AvgIpc) is 2.51. The second kappa shape index (κ2) is 5.75. The number of nitrogens with one attached hydrogen (secondary N) is 1. The molecule has 4 heteroatoms. The highest BCUT2D eigenvalue weighted by Crippen LogP contribution is 2.29. The van der Waals surface area contributed by atoms with Crippen LogP contribution in [0.1, 0.15) is 31.4 Å². The number of aromatic nitrogens is 2. The fourth-order valence-corrected chi connectivity index (χ4v) is 3.14. The van der Waals surface area contributed by atoms with Crippen molar-refractivity contribution >= 4 is 16.6 Å². The topological polar surface area (TPSA) is 58.0 Å². The standard InChI is InChI=1S/C16H21N3O/c1-11-13-7-3-4-8-14(13)16(19-18-11)17-15-9-5-2-6-12(15)10-20/h3-4,7-8,12,15,20H,2,5-6,9-10H2,1H3,(H,17,19). The third-order valence-electron chi connectivity index (χ3n) is 4.34. The highest BCUT2D eigenvalue weighted by atomic mass is 16.3. The molecule has 0 amide bonds. The second-order valence-electron chi connectivity index (χ2n) is 5.66. The van der Waals surface area contributed by atoms with Gasteiger partial charge in [-0.2, -0.15) is 5.10 Å². The summed E-state index contributed by atoms with van der Waals surface area (Å²) in [4.78, 5) is 0. The van der Waals surface area contributed by atoms with Gasteiger partial charge in [-0.25, -0.2) is 0 Å². The van der Waals surface area contributed by atoms with Crippen molar-refractivity contribution in [1.29, 1.82) is 0 Å². The SMILES string of the molecule is Cc1nnc(NC2CCCCC2CO)c2ccccc12. The van der Waals surface area contributed by atoms with Crippen LogP contribution in [-0.2, 0) is 0 Å². The predicted molar refractivity (Wildman–Crippen MR) is 80.7 cm³/mol. The van der Waals surface area contributed by atoms with Gasteiger partial charge < -0.3 is 10.4 Å². The van der Waals surface area contributed by atoms with E-state index in [1.165, 1.54) is 12.8 Å². The lowest BCUT2D eigenvalue weighted by molar-refractivity contribution is 0.178. The van der Waals surface area contributed by atoms with E-state index in [1.54, 1.807) is 0 Å². The minimum absolute atomic E-state index is 0.245. The Morgan fingerprint density at radius 3 is 2.70 bits per heavy atom. The Kier molecular flexibility index (Phi) is 3.83. The van der Waals surface area contributed by atoms with Crippen LogP contribution in [0.2, 0.25) is 0 Å². The number of fused-ring (bicyclic) bond motifs is 1. The molecule has 20 heavy (non-hydrogen) atoms. The molecule has 2 aromatic rings. The van der Waals surface area contributed by atoms with Gasteiger partial charge in [0.25, 0.3) is 0 Å². The summed E-state index contributed by atoms with van der Waals surface area (Å²) >= 11 is 0. The van der Waals surface area contributed by atoms with Crippen LogP contribution in [0.15, 0.2) is 24.3 Å².